The van der Waals surface area contributed by atoms with Gasteiger partial charge in [0.05, 0.1) is 0 Å². The maximum atomic E-state index is 11.4. The minimum Gasteiger partial charge on any atom is -0.480 e. The Morgan fingerprint density at radius 1 is 1.11 bits per heavy atom. The van der Waals surface area contributed by atoms with Gasteiger partial charge in [-0.05, 0) is 45.7 Å². The summed E-state index contributed by atoms with van der Waals surface area (Å²) in [5, 5.41) is 14.5. The van der Waals surface area contributed by atoms with Crippen molar-refractivity contribution in [1.29, 1.82) is 0 Å². The summed E-state index contributed by atoms with van der Waals surface area (Å²) in [5.41, 5.74) is 5.37. The van der Waals surface area contributed by atoms with Crippen LogP contribution in [0, 0.1) is 0 Å². The van der Waals surface area contributed by atoms with Crippen molar-refractivity contribution in [2.75, 3.05) is 20.1 Å². The number of hydrogen-bond donors (Lipinski definition) is 4. The second-order valence-electron chi connectivity index (χ2n) is 4.70. The van der Waals surface area contributed by atoms with Crippen LogP contribution >= 0.6 is 0 Å². The van der Waals surface area contributed by atoms with Crippen LogP contribution in [0.5, 0.6) is 0 Å². The van der Waals surface area contributed by atoms with E-state index in [1.165, 1.54) is 0 Å². The number of unbranched alkanes of at least 4 members (excludes halogenated alkanes) is 3. The van der Waals surface area contributed by atoms with E-state index in [9.17, 15) is 9.59 Å². The molecule has 0 aromatic carbocycles. The fourth-order valence-electron chi connectivity index (χ4n) is 1.69. The van der Waals surface area contributed by atoms with Crippen molar-refractivity contribution in [2.45, 2.75) is 51.0 Å². The van der Waals surface area contributed by atoms with Crippen LogP contribution in [0.1, 0.15) is 44.9 Å². The van der Waals surface area contributed by atoms with Gasteiger partial charge in [-0.25, -0.2) is 0 Å². The highest BCUT2D eigenvalue weighted by atomic mass is 16.4. The third-order valence-electron chi connectivity index (χ3n) is 2.91. The number of carboxylic acids is 1. The molecule has 0 saturated carbocycles. The first-order valence-corrected chi connectivity index (χ1v) is 6.97. The molecule has 0 saturated heterocycles. The second kappa shape index (κ2) is 11.9. The Kier molecular flexibility index (Phi) is 11.2. The van der Waals surface area contributed by atoms with Crippen LogP contribution in [0.2, 0.25) is 0 Å². The van der Waals surface area contributed by atoms with E-state index < -0.39 is 12.0 Å². The summed E-state index contributed by atoms with van der Waals surface area (Å²) in [6, 6.07) is -0.789. The highest BCUT2D eigenvalue weighted by Gasteiger charge is 2.10. The average Bonchev–Trinajstić information content (AvgIpc) is 2.37. The smallest absolute Gasteiger partial charge is 0.320 e. The number of hydrogen-bond acceptors (Lipinski definition) is 4. The van der Waals surface area contributed by atoms with Gasteiger partial charge in [0.1, 0.15) is 6.04 Å². The zero-order valence-corrected chi connectivity index (χ0v) is 11.8. The average molecular weight is 273 g/mol. The van der Waals surface area contributed by atoms with Crippen LogP contribution < -0.4 is 16.4 Å². The summed E-state index contributed by atoms with van der Waals surface area (Å²) in [5.74, 6) is -0.891. The Bertz CT molecular complexity index is 260. The van der Waals surface area contributed by atoms with Gasteiger partial charge in [-0.15, -0.1) is 0 Å². The van der Waals surface area contributed by atoms with E-state index in [4.69, 9.17) is 10.8 Å². The van der Waals surface area contributed by atoms with Gasteiger partial charge in [0.25, 0.3) is 0 Å². The SMILES string of the molecule is CNCCCCCC(=O)NCCCCC(N)C(=O)O. The van der Waals surface area contributed by atoms with Crippen LogP contribution in [0.15, 0.2) is 0 Å². The zero-order valence-electron chi connectivity index (χ0n) is 11.8. The van der Waals surface area contributed by atoms with Crippen molar-refractivity contribution in [1.82, 2.24) is 10.6 Å². The number of nitrogens with two attached hydrogens (primary N) is 1. The van der Waals surface area contributed by atoms with E-state index in [-0.39, 0.29) is 5.91 Å². The van der Waals surface area contributed by atoms with E-state index >= 15 is 0 Å². The number of carbonyl (C=O) groups is 2. The first kappa shape index (κ1) is 17.9. The summed E-state index contributed by atoms with van der Waals surface area (Å²) in [6.45, 7) is 1.59. The van der Waals surface area contributed by atoms with E-state index in [2.05, 4.69) is 10.6 Å². The summed E-state index contributed by atoms with van der Waals surface area (Å²) < 4.78 is 0. The number of nitrogens with one attached hydrogen (secondary N) is 2. The molecule has 0 heterocycles. The van der Waals surface area contributed by atoms with Gasteiger partial charge < -0.3 is 21.5 Å². The molecule has 5 N–H and O–H groups in total. The van der Waals surface area contributed by atoms with Gasteiger partial charge in [-0.2, -0.15) is 0 Å². The van der Waals surface area contributed by atoms with Crippen LogP contribution in [0.25, 0.3) is 0 Å². The van der Waals surface area contributed by atoms with Gasteiger partial charge in [0.2, 0.25) is 5.91 Å². The molecule has 0 aliphatic carbocycles. The molecule has 112 valence electrons. The quantitative estimate of drug-likeness (QED) is 0.387. The minimum atomic E-state index is -0.967. The molecule has 6 heteroatoms. The number of amides is 1. The zero-order chi connectivity index (χ0) is 14.5. The van der Waals surface area contributed by atoms with Crippen LogP contribution in [-0.2, 0) is 9.59 Å². The molecule has 1 unspecified atom stereocenters. The van der Waals surface area contributed by atoms with E-state index in [1.807, 2.05) is 7.05 Å². The van der Waals surface area contributed by atoms with Crippen molar-refractivity contribution in [3.63, 3.8) is 0 Å². The van der Waals surface area contributed by atoms with Gasteiger partial charge in [-0.1, -0.05) is 6.42 Å². The Balaban J connectivity index is 3.31. The second-order valence-corrected chi connectivity index (χ2v) is 4.70. The van der Waals surface area contributed by atoms with Gasteiger partial charge in [0, 0.05) is 13.0 Å². The Labute approximate surface area is 115 Å². The molecular formula is C13H27N3O3. The molecule has 6 nitrogen and oxygen atoms in total. The maximum absolute atomic E-state index is 11.4. The summed E-state index contributed by atoms with van der Waals surface area (Å²) in [7, 11) is 1.92. The predicted octanol–water partition coefficient (Wildman–Crippen LogP) is 0.465. The number of aliphatic carboxylic acids is 1. The first-order chi connectivity index (χ1) is 9.07. The molecule has 0 rings (SSSR count). The largest absolute Gasteiger partial charge is 0.480 e. The number of carboxylic acid groups (broad SMARTS) is 1. The van der Waals surface area contributed by atoms with Gasteiger partial charge in [-0.3, -0.25) is 9.59 Å². The highest BCUT2D eigenvalue weighted by molar-refractivity contribution is 5.75. The van der Waals surface area contributed by atoms with Crippen LogP contribution in [0.4, 0.5) is 0 Å². The van der Waals surface area contributed by atoms with E-state index in [1.54, 1.807) is 0 Å². The van der Waals surface area contributed by atoms with Crippen molar-refractivity contribution in [2.24, 2.45) is 5.73 Å². The maximum Gasteiger partial charge on any atom is 0.320 e. The van der Waals surface area contributed by atoms with Crippen LogP contribution in [0.3, 0.4) is 0 Å². The van der Waals surface area contributed by atoms with Crippen molar-refractivity contribution < 1.29 is 14.7 Å². The Morgan fingerprint density at radius 2 is 1.79 bits per heavy atom. The molecule has 1 atom stereocenters. The lowest BCUT2D eigenvalue weighted by molar-refractivity contribution is -0.138. The molecule has 0 aromatic rings. The highest BCUT2D eigenvalue weighted by Crippen LogP contribution is 2.00. The lowest BCUT2D eigenvalue weighted by Gasteiger charge is -2.07. The molecule has 1 amide bonds. The monoisotopic (exact) mass is 273 g/mol. The Morgan fingerprint density at radius 3 is 2.42 bits per heavy atom. The molecule has 0 aromatic heterocycles. The molecule has 0 radical (unpaired) electrons. The third kappa shape index (κ3) is 11.7. The fourth-order valence-corrected chi connectivity index (χ4v) is 1.69. The molecular weight excluding hydrogens is 246 g/mol. The van der Waals surface area contributed by atoms with Crippen molar-refractivity contribution in [3.05, 3.63) is 0 Å². The standard InChI is InChI=1S/C13H27N3O3/c1-15-9-5-2-3-8-12(17)16-10-6-4-7-11(14)13(18)19/h11,15H,2-10,14H2,1H3,(H,16,17)(H,18,19). The molecule has 0 aliphatic heterocycles. The topological polar surface area (TPSA) is 104 Å². The summed E-state index contributed by atoms with van der Waals surface area (Å²) >= 11 is 0. The third-order valence-corrected chi connectivity index (χ3v) is 2.91. The summed E-state index contributed by atoms with van der Waals surface area (Å²) in [4.78, 5) is 21.9. The molecule has 0 bridgehead atoms. The molecule has 19 heavy (non-hydrogen) atoms. The van der Waals surface area contributed by atoms with E-state index in [0.29, 0.717) is 19.4 Å². The molecule has 0 spiro atoms. The van der Waals surface area contributed by atoms with Crippen molar-refractivity contribution in [3.8, 4) is 0 Å². The fraction of sp³-hybridized carbons (Fsp3) is 0.846. The predicted molar refractivity (Wildman–Crippen MR) is 74.9 cm³/mol. The van der Waals surface area contributed by atoms with Crippen LogP contribution in [-0.4, -0.2) is 43.2 Å². The number of carbonyl (C=O) groups excluding carboxylic acids is 1. The van der Waals surface area contributed by atoms with Gasteiger partial charge in [0.15, 0.2) is 0 Å². The Hall–Kier alpha value is -1.14. The summed E-state index contributed by atoms with van der Waals surface area (Å²) in [6.07, 6.45) is 5.58. The number of rotatable bonds is 12. The van der Waals surface area contributed by atoms with Gasteiger partial charge >= 0.3 is 5.97 Å². The molecule has 0 aliphatic rings. The lowest BCUT2D eigenvalue weighted by Crippen LogP contribution is -2.30. The first-order valence-electron chi connectivity index (χ1n) is 6.97. The normalized spacial score (nSPS) is 12.1. The van der Waals surface area contributed by atoms with E-state index in [0.717, 1.165) is 38.6 Å². The van der Waals surface area contributed by atoms with Crippen molar-refractivity contribution >= 4 is 11.9 Å². The molecule has 0 fully saturated rings. The lowest BCUT2D eigenvalue weighted by atomic mass is 10.1. The minimum absolute atomic E-state index is 0.0759.